The Hall–Kier alpha value is -2.50. The van der Waals surface area contributed by atoms with Crippen LogP contribution in [0.25, 0.3) is 0 Å². The molecule has 1 atom stereocenters. The van der Waals surface area contributed by atoms with Crippen LogP contribution < -0.4 is 0 Å². The summed E-state index contributed by atoms with van der Waals surface area (Å²) in [6, 6.07) is 11.7. The van der Waals surface area contributed by atoms with Gasteiger partial charge in [0.25, 0.3) is 5.91 Å². The monoisotopic (exact) mass is 377 g/mol. The molecule has 1 unspecified atom stereocenters. The highest BCUT2D eigenvalue weighted by Gasteiger charge is 2.30. The Labute approximate surface area is 156 Å². The Morgan fingerprint density at radius 2 is 1.93 bits per heavy atom. The van der Waals surface area contributed by atoms with Gasteiger partial charge in [0, 0.05) is 18.7 Å². The molecule has 0 aromatic heterocycles. The minimum atomic E-state index is -4.33. The van der Waals surface area contributed by atoms with E-state index in [2.05, 4.69) is 0 Å². The summed E-state index contributed by atoms with van der Waals surface area (Å²) in [6.07, 6.45) is -1.19. The average molecular weight is 377 g/mol. The summed E-state index contributed by atoms with van der Waals surface area (Å²) in [5, 5.41) is 9.55. The minimum Gasteiger partial charge on any atom is -0.508 e. The van der Waals surface area contributed by atoms with E-state index in [-0.39, 0.29) is 17.6 Å². The summed E-state index contributed by atoms with van der Waals surface area (Å²) in [7, 11) is 0. The van der Waals surface area contributed by atoms with E-state index in [0.29, 0.717) is 30.6 Å². The topological polar surface area (TPSA) is 40.5 Å². The second kappa shape index (κ2) is 8.03. The van der Waals surface area contributed by atoms with E-state index in [1.165, 1.54) is 24.3 Å². The number of phenolic OH excluding ortho intramolecular Hbond substituents is 1. The molecule has 0 saturated carbocycles. The van der Waals surface area contributed by atoms with Crippen LogP contribution in [-0.4, -0.2) is 29.0 Å². The fourth-order valence-electron chi connectivity index (χ4n) is 3.58. The fraction of sp³-hybridized carbons (Fsp3) is 0.381. The lowest BCUT2D eigenvalue weighted by atomic mass is 9.91. The second-order valence-corrected chi connectivity index (χ2v) is 7.05. The molecule has 27 heavy (non-hydrogen) atoms. The van der Waals surface area contributed by atoms with Crippen molar-refractivity contribution in [1.29, 1.82) is 0 Å². The number of aryl methyl sites for hydroxylation is 1. The maximum Gasteiger partial charge on any atom is 0.416 e. The first-order valence-corrected chi connectivity index (χ1v) is 9.07. The predicted molar refractivity (Wildman–Crippen MR) is 96.5 cm³/mol. The number of amides is 1. The van der Waals surface area contributed by atoms with Gasteiger partial charge in [0.1, 0.15) is 5.75 Å². The van der Waals surface area contributed by atoms with Crippen LogP contribution in [0.4, 0.5) is 13.2 Å². The van der Waals surface area contributed by atoms with Crippen LogP contribution in [0.5, 0.6) is 5.75 Å². The number of benzene rings is 2. The van der Waals surface area contributed by atoms with Crippen molar-refractivity contribution in [1.82, 2.24) is 4.90 Å². The predicted octanol–water partition coefficient (Wildman–Crippen LogP) is 4.90. The third kappa shape index (κ3) is 5.02. The average Bonchev–Trinajstić information content (AvgIpc) is 2.65. The number of hydrogen-bond acceptors (Lipinski definition) is 2. The van der Waals surface area contributed by atoms with E-state index in [1.54, 1.807) is 23.1 Å². The van der Waals surface area contributed by atoms with Crippen molar-refractivity contribution in [3.8, 4) is 5.75 Å². The normalized spacial score (nSPS) is 17.7. The zero-order valence-electron chi connectivity index (χ0n) is 14.9. The third-order valence-corrected chi connectivity index (χ3v) is 4.99. The lowest BCUT2D eigenvalue weighted by Crippen LogP contribution is -2.40. The Morgan fingerprint density at radius 3 is 2.67 bits per heavy atom. The number of alkyl halides is 3. The molecule has 3 nitrogen and oxygen atoms in total. The Morgan fingerprint density at radius 1 is 1.15 bits per heavy atom. The van der Waals surface area contributed by atoms with Crippen molar-refractivity contribution >= 4 is 5.91 Å². The molecule has 1 saturated heterocycles. The van der Waals surface area contributed by atoms with Crippen molar-refractivity contribution in [2.45, 2.75) is 31.9 Å². The zero-order valence-corrected chi connectivity index (χ0v) is 14.9. The Kier molecular flexibility index (Phi) is 5.73. The molecule has 1 amide bonds. The van der Waals surface area contributed by atoms with Gasteiger partial charge in [0.05, 0.1) is 5.56 Å². The summed E-state index contributed by atoms with van der Waals surface area (Å²) in [5.41, 5.74) is 0.499. The molecule has 0 bridgehead atoms. The van der Waals surface area contributed by atoms with Crippen LogP contribution in [0.3, 0.4) is 0 Å². The second-order valence-electron chi connectivity index (χ2n) is 7.05. The third-order valence-electron chi connectivity index (χ3n) is 4.99. The molecule has 1 aliphatic heterocycles. The van der Waals surface area contributed by atoms with Gasteiger partial charge in [-0.3, -0.25) is 4.79 Å². The zero-order chi connectivity index (χ0) is 19.4. The minimum absolute atomic E-state index is 0.0546. The molecular formula is C21H22F3NO2. The fourth-order valence-corrected chi connectivity index (χ4v) is 3.58. The molecule has 144 valence electrons. The molecule has 0 aliphatic carbocycles. The number of nitrogens with zero attached hydrogens (tertiary/aromatic N) is 1. The maximum absolute atomic E-state index is 12.8. The number of carbonyl (C=O) groups excluding carboxylic acids is 1. The van der Waals surface area contributed by atoms with Crippen molar-refractivity contribution in [3.63, 3.8) is 0 Å². The smallest absolute Gasteiger partial charge is 0.416 e. The summed E-state index contributed by atoms with van der Waals surface area (Å²) in [6.45, 7) is 1.25. The van der Waals surface area contributed by atoms with Gasteiger partial charge in [-0.25, -0.2) is 0 Å². The van der Waals surface area contributed by atoms with E-state index in [4.69, 9.17) is 0 Å². The number of rotatable bonds is 4. The van der Waals surface area contributed by atoms with Gasteiger partial charge < -0.3 is 10.0 Å². The SMILES string of the molecule is O=C(c1cccc(O)c1)N1CCCC(CCc2cccc(C(F)(F)F)c2)C1. The van der Waals surface area contributed by atoms with Crippen LogP contribution in [0.1, 0.15) is 40.7 Å². The number of halogens is 3. The number of aromatic hydroxyl groups is 1. The first kappa shape index (κ1) is 19.3. The van der Waals surface area contributed by atoms with Gasteiger partial charge in [-0.1, -0.05) is 24.3 Å². The summed E-state index contributed by atoms with van der Waals surface area (Å²) < 4.78 is 38.5. The number of likely N-dealkylation sites (tertiary alicyclic amines) is 1. The Balaban J connectivity index is 1.60. The molecule has 1 N–H and O–H groups in total. The molecular weight excluding hydrogens is 355 g/mol. The highest BCUT2D eigenvalue weighted by Crippen LogP contribution is 2.30. The van der Waals surface area contributed by atoms with Gasteiger partial charge in [-0.2, -0.15) is 13.2 Å². The van der Waals surface area contributed by atoms with Gasteiger partial charge >= 0.3 is 6.18 Å². The lowest BCUT2D eigenvalue weighted by Gasteiger charge is -2.33. The van der Waals surface area contributed by atoms with Crippen LogP contribution in [0.2, 0.25) is 0 Å². The van der Waals surface area contributed by atoms with E-state index in [9.17, 15) is 23.1 Å². The molecule has 1 fully saturated rings. The molecule has 0 radical (unpaired) electrons. The van der Waals surface area contributed by atoms with E-state index in [0.717, 1.165) is 25.3 Å². The van der Waals surface area contributed by atoms with E-state index in [1.807, 2.05) is 0 Å². The number of piperidine rings is 1. The van der Waals surface area contributed by atoms with Gasteiger partial charge in [0.2, 0.25) is 0 Å². The van der Waals surface area contributed by atoms with Gasteiger partial charge in [0.15, 0.2) is 0 Å². The van der Waals surface area contributed by atoms with Gasteiger partial charge in [-0.15, -0.1) is 0 Å². The van der Waals surface area contributed by atoms with Gasteiger partial charge in [-0.05, 0) is 61.4 Å². The molecule has 2 aromatic carbocycles. The number of hydrogen-bond donors (Lipinski definition) is 1. The summed E-state index contributed by atoms with van der Waals surface area (Å²) in [4.78, 5) is 14.4. The molecule has 3 rings (SSSR count). The van der Waals surface area contributed by atoms with Crippen LogP contribution in [0, 0.1) is 5.92 Å². The number of carbonyl (C=O) groups is 1. The molecule has 6 heteroatoms. The summed E-state index contributed by atoms with van der Waals surface area (Å²) in [5.74, 6) is 0.197. The van der Waals surface area contributed by atoms with Crippen LogP contribution in [-0.2, 0) is 12.6 Å². The lowest BCUT2D eigenvalue weighted by molar-refractivity contribution is -0.137. The van der Waals surface area contributed by atoms with Crippen molar-refractivity contribution in [2.24, 2.45) is 5.92 Å². The first-order valence-electron chi connectivity index (χ1n) is 9.07. The van der Waals surface area contributed by atoms with Crippen molar-refractivity contribution in [3.05, 3.63) is 65.2 Å². The standard InChI is InChI=1S/C21H22F3NO2/c22-21(23,24)18-7-1-4-15(12-18)9-10-16-5-3-11-25(14-16)20(27)17-6-2-8-19(26)13-17/h1-2,4,6-8,12-13,16,26H,3,5,9-11,14H2. The largest absolute Gasteiger partial charge is 0.508 e. The maximum atomic E-state index is 12.8. The highest BCUT2D eigenvalue weighted by molar-refractivity contribution is 5.94. The number of phenols is 1. The van der Waals surface area contributed by atoms with Crippen molar-refractivity contribution in [2.75, 3.05) is 13.1 Å². The quantitative estimate of drug-likeness (QED) is 0.824. The Bertz CT molecular complexity index is 804. The first-order chi connectivity index (χ1) is 12.8. The van der Waals surface area contributed by atoms with Crippen LogP contribution in [0.15, 0.2) is 48.5 Å². The molecule has 2 aromatic rings. The van der Waals surface area contributed by atoms with Crippen LogP contribution >= 0.6 is 0 Å². The molecule has 1 heterocycles. The van der Waals surface area contributed by atoms with E-state index >= 15 is 0 Å². The van der Waals surface area contributed by atoms with E-state index < -0.39 is 11.7 Å². The molecule has 0 spiro atoms. The highest BCUT2D eigenvalue weighted by atomic mass is 19.4. The molecule has 1 aliphatic rings. The van der Waals surface area contributed by atoms with Crippen molar-refractivity contribution < 1.29 is 23.1 Å². The summed E-state index contributed by atoms with van der Waals surface area (Å²) >= 11 is 0.